The first-order valence-electron chi connectivity index (χ1n) is 4.12. The molecule has 0 bridgehead atoms. The van der Waals surface area contributed by atoms with Crippen LogP contribution in [0, 0.1) is 0 Å². The topological polar surface area (TPSA) is 63.3 Å². The molecule has 0 aliphatic heterocycles. The average Bonchev–Trinajstić information content (AvgIpc) is 2.18. The fourth-order valence-corrected chi connectivity index (χ4v) is 0.885. The van der Waals surface area contributed by atoms with Gasteiger partial charge in [0, 0.05) is 0 Å². The summed E-state index contributed by atoms with van der Waals surface area (Å²) in [6.45, 7) is -0.157. The lowest BCUT2D eigenvalue weighted by Gasteiger charge is -2.01. The zero-order valence-electron chi connectivity index (χ0n) is 7.43. The van der Waals surface area contributed by atoms with E-state index in [9.17, 15) is 14.7 Å². The van der Waals surface area contributed by atoms with E-state index in [2.05, 4.69) is 4.74 Å². The van der Waals surface area contributed by atoms with Gasteiger partial charge < -0.3 is 4.74 Å². The average molecular weight is 193 g/mol. The van der Waals surface area contributed by atoms with Crippen molar-refractivity contribution in [2.24, 2.45) is 0 Å². The predicted molar refractivity (Wildman–Crippen MR) is 47.0 cm³/mol. The van der Waals surface area contributed by atoms with Crippen molar-refractivity contribution in [1.29, 1.82) is 0 Å². The molecule has 0 saturated carbocycles. The Morgan fingerprint density at radius 3 is 2.36 bits per heavy atom. The molecule has 0 saturated heterocycles. The van der Waals surface area contributed by atoms with E-state index < -0.39 is 11.9 Å². The van der Waals surface area contributed by atoms with Crippen molar-refractivity contribution in [3.05, 3.63) is 35.9 Å². The molecule has 0 heterocycles. The lowest BCUT2D eigenvalue weighted by molar-refractivity contribution is -0.143. The van der Waals surface area contributed by atoms with Crippen LogP contribution in [0.4, 0.5) is 0 Å². The lowest BCUT2D eigenvalue weighted by Crippen LogP contribution is -2.08. The molecule has 1 aromatic carbocycles. The van der Waals surface area contributed by atoms with Crippen LogP contribution in [0.5, 0.6) is 0 Å². The Bertz CT molecular complexity index is 318. The summed E-state index contributed by atoms with van der Waals surface area (Å²) in [6.07, 6.45) is -0.279. The summed E-state index contributed by atoms with van der Waals surface area (Å²) < 4.78 is 4.68. The smallest absolute Gasteiger partial charge is 0.359 e. The van der Waals surface area contributed by atoms with Crippen molar-refractivity contribution in [2.75, 3.05) is 6.61 Å². The van der Waals surface area contributed by atoms with Gasteiger partial charge in [-0.1, -0.05) is 18.2 Å². The highest BCUT2D eigenvalue weighted by Gasteiger charge is 2.07. The zero-order chi connectivity index (χ0) is 10.4. The van der Waals surface area contributed by atoms with Crippen LogP contribution >= 0.6 is 0 Å². The van der Waals surface area contributed by atoms with Crippen LogP contribution in [0.15, 0.2) is 30.3 Å². The standard InChI is InChI=1S/C10H9O4/c11-9(12)6-7-14-10(13)8-4-2-1-3-5-8/h1-5H,6-7H2. The third kappa shape index (κ3) is 3.26. The molecule has 14 heavy (non-hydrogen) atoms. The SMILES string of the molecule is [O]C(=O)CCOC(=O)c1ccccc1. The molecule has 0 spiro atoms. The molecule has 1 aromatic rings. The van der Waals surface area contributed by atoms with Crippen molar-refractivity contribution in [3.63, 3.8) is 0 Å². The van der Waals surface area contributed by atoms with Gasteiger partial charge in [-0.05, 0) is 12.1 Å². The van der Waals surface area contributed by atoms with Gasteiger partial charge in [0.05, 0.1) is 12.0 Å². The van der Waals surface area contributed by atoms with E-state index in [1.165, 1.54) is 0 Å². The highest BCUT2D eigenvalue weighted by atomic mass is 16.5. The molecule has 0 aromatic heterocycles. The fourth-order valence-electron chi connectivity index (χ4n) is 0.885. The molecule has 0 atom stereocenters. The number of hydrogen-bond acceptors (Lipinski definition) is 3. The molecule has 4 heteroatoms. The molecule has 73 valence electrons. The summed E-state index contributed by atoms with van der Waals surface area (Å²) in [5.41, 5.74) is 0.408. The minimum absolute atomic E-state index is 0.157. The first-order valence-corrected chi connectivity index (χ1v) is 4.12. The lowest BCUT2D eigenvalue weighted by atomic mass is 10.2. The van der Waals surface area contributed by atoms with Crippen LogP contribution < -0.4 is 0 Å². The third-order valence-corrected chi connectivity index (χ3v) is 1.55. The van der Waals surface area contributed by atoms with Crippen LogP contribution in [-0.4, -0.2) is 18.5 Å². The van der Waals surface area contributed by atoms with Crippen molar-refractivity contribution < 1.29 is 19.4 Å². The van der Waals surface area contributed by atoms with E-state index >= 15 is 0 Å². The first kappa shape index (κ1) is 10.2. The number of benzene rings is 1. The molecule has 1 rings (SSSR count). The summed E-state index contributed by atoms with van der Waals surface area (Å²) >= 11 is 0. The van der Waals surface area contributed by atoms with Gasteiger partial charge in [0.2, 0.25) is 0 Å². The Kier molecular flexibility index (Phi) is 3.67. The minimum Gasteiger partial charge on any atom is -0.461 e. The number of hydrogen-bond donors (Lipinski definition) is 0. The van der Waals surface area contributed by atoms with E-state index in [-0.39, 0.29) is 13.0 Å². The number of rotatable bonds is 4. The van der Waals surface area contributed by atoms with Crippen molar-refractivity contribution in [1.82, 2.24) is 0 Å². The largest absolute Gasteiger partial charge is 0.461 e. The van der Waals surface area contributed by atoms with Gasteiger partial charge in [0.15, 0.2) is 0 Å². The van der Waals surface area contributed by atoms with E-state index in [1.54, 1.807) is 30.3 Å². The van der Waals surface area contributed by atoms with Gasteiger partial charge in [-0.25, -0.2) is 14.7 Å². The second-order valence-electron chi connectivity index (χ2n) is 2.62. The quantitative estimate of drug-likeness (QED) is 0.674. The Balaban J connectivity index is 2.40. The van der Waals surface area contributed by atoms with Gasteiger partial charge in [-0.3, -0.25) is 0 Å². The van der Waals surface area contributed by atoms with Gasteiger partial charge in [0.25, 0.3) is 0 Å². The number of carbonyl (C=O) groups excluding carboxylic acids is 2. The van der Waals surface area contributed by atoms with Crippen molar-refractivity contribution >= 4 is 11.9 Å². The molecule has 1 radical (unpaired) electrons. The molecule has 0 fully saturated rings. The Labute approximate surface area is 81.1 Å². The van der Waals surface area contributed by atoms with Gasteiger partial charge in [-0.2, -0.15) is 0 Å². The molecule has 0 aliphatic rings. The predicted octanol–water partition coefficient (Wildman–Crippen LogP) is 1.19. The molecule has 0 amide bonds. The van der Waals surface area contributed by atoms with Crippen LogP contribution in [0.1, 0.15) is 16.8 Å². The minimum atomic E-state index is -1.23. The van der Waals surface area contributed by atoms with Crippen LogP contribution in [0.3, 0.4) is 0 Å². The maximum absolute atomic E-state index is 11.2. The highest BCUT2D eigenvalue weighted by Crippen LogP contribution is 2.01. The Hall–Kier alpha value is -1.84. The molecular weight excluding hydrogens is 184 g/mol. The molecule has 4 nitrogen and oxygen atoms in total. The highest BCUT2D eigenvalue weighted by molar-refractivity contribution is 5.89. The molecule has 0 unspecified atom stereocenters. The van der Waals surface area contributed by atoms with E-state index in [0.717, 1.165) is 0 Å². The summed E-state index contributed by atoms with van der Waals surface area (Å²) in [5.74, 6) is -1.75. The van der Waals surface area contributed by atoms with Crippen molar-refractivity contribution in [2.45, 2.75) is 6.42 Å². The fraction of sp³-hybridized carbons (Fsp3) is 0.200. The third-order valence-electron chi connectivity index (χ3n) is 1.55. The van der Waals surface area contributed by atoms with Crippen LogP contribution in [-0.2, 0) is 14.6 Å². The Morgan fingerprint density at radius 1 is 1.14 bits per heavy atom. The summed E-state index contributed by atoms with van der Waals surface area (Å²) in [4.78, 5) is 21.2. The van der Waals surface area contributed by atoms with Crippen molar-refractivity contribution in [3.8, 4) is 0 Å². The first-order chi connectivity index (χ1) is 6.70. The Morgan fingerprint density at radius 2 is 1.79 bits per heavy atom. The van der Waals surface area contributed by atoms with Crippen LogP contribution in [0.25, 0.3) is 0 Å². The normalized spacial score (nSPS) is 9.43. The van der Waals surface area contributed by atoms with E-state index in [1.807, 2.05) is 0 Å². The summed E-state index contributed by atoms with van der Waals surface area (Å²) in [6, 6.07) is 8.38. The molecular formula is C10H9O4. The van der Waals surface area contributed by atoms with Gasteiger partial charge >= 0.3 is 11.9 Å². The second kappa shape index (κ2) is 5.01. The number of carbonyl (C=O) groups is 2. The zero-order valence-corrected chi connectivity index (χ0v) is 7.43. The maximum atomic E-state index is 11.2. The van der Waals surface area contributed by atoms with Gasteiger partial charge in [-0.15, -0.1) is 0 Å². The van der Waals surface area contributed by atoms with Gasteiger partial charge in [0.1, 0.15) is 6.61 Å². The second-order valence-corrected chi connectivity index (χ2v) is 2.62. The van der Waals surface area contributed by atoms with E-state index in [4.69, 9.17) is 0 Å². The van der Waals surface area contributed by atoms with E-state index in [0.29, 0.717) is 5.56 Å². The maximum Gasteiger partial charge on any atom is 0.359 e. The summed E-state index contributed by atoms with van der Waals surface area (Å²) in [5, 5.41) is 10.0. The summed E-state index contributed by atoms with van der Waals surface area (Å²) in [7, 11) is 0. The van der Waals surface area contributed by atoms with Crippen LogP contribution in [0.2, 0.25) is 0 Å². The molecule has 0 aliphatic carbocycles. The number of esters is 1. The number of ether oxygens (including phenoxy) is 1. The molecule has 0 N–H and O–H groups in total. The monoisotopic (exact) mass is 193 g/mol.